The van der Waals surface area contributed by atoms with Crippen molar-refractivity contribution >= 4 is 17.4 Å². The van der Waals surface area contributed by atoms with E-state index in [0.29, 0.717) is 18.8 Å². The van der Waals surface area contributed by atoms with Gasteiger partial charge in [-0.1, -0.05) is 12.1 Å². The Morgan fingerprint density at radius 2 is 1.93 bits per heavy atom. The van der Waals surface area contributed by atoms with Crippen molar-refractivity contribution < 1.29 is 14.3 Å². The Bertz CT molecular complexity index is 752. The summed E-state index contributed by atoms with van der Waals surface area (Å²) in [5.74, 6) is 0.708. The summed E-state index contributed by atoms with van der Waals surface area (Å²) in [5.41, 5.74) is 2.40. The monoisotopic (exact) mass is 368 g/mol. The number of hydrogen-bond donors (Lipinski definition) is 2. The maximum absolute atomic E-state index is 12.5. The molecular weight excluding hydrogens is 344 g/mol. The zero-order chi connectivity index (χ0) is 18.5. The molecule has 7 nitrogen and oxygen atoms in total. The van der Waals surface area contributed by atoms with E-state index in [4.69, 9.17) is 9.47 Å². The first-order valence-electron chi connectivity index (χ1n) is 9.32. The van der Waals surface area contributed by atoms with Crippen LogP contribution in [0.4, 0.5) is 11.5 Å². The van der Waals surface area contributed by atoms with Gasteiger partial charge in [-0.05, 0) is 29.8 Å². The third-order valence-corrected chi connectivity index (χ3v) is 4.81. The van der Waals surface area contributed by atoms with Crippen LogP contribution in [-0.2, 0) is 9.47 Å². The molecule has 4 rings (SSSR count). The lowest BCUT2D eigenvalue weighted by Crippen LogP contribution is -2.36. The lowest BCUT2D eigenvalue weighted by Gasteiger charge is -2.27. The van der Waals surface area contributed by atoms with Gasteiger partial charge < -0.3 is 25.0 Å². The molecule has 1 aromatic carbocycles. The van der Waals surface area contributed by atoms with E-state index in [-0.39, 0.29) is 12.0 Å². The number of aromatic nitrogens is 1. The van der Waals surface area contributed by atoms with E-state index >= 15 is 0 Å². The molecular formula is C20H24N4O3. The van der Waals surface area contributed by atoms with Gasteiger partial charge in [0.05, 0.1) is 31.5 Å². The standard InChI is InChI=1S/C20H24N4O3/c25-20(16-3-6-19(22-13-16)24-8-11-26-12-9-24)23-17-4-1-15(2-5-17)18-14-21-7-10-27-18/h1-6,13,18,21H,7-12,14H2,(H,23,25). The largest absolute Gasteiger partial charge is 0.378 e. The maximum atomic E-state index is 12.5. The molecule has 0 spiro atoms. The van der Waals surface area contributed by atoms with Crippen molar-refractivity contribution in [2.75, 3.05) is 56.2 Å². The molecule has 2 saturated heterocycles. The van der Waals surface area contributed by atoms with Crippen LogP contribution in [0.2, 0.25) is 0 Å². The van der Waals surface area contributed by atoms with Crippen molar-refractivity contribution in [2.45, 2.75) is 6.10 Å². The summed E-state index contributed by atoms with van der Waals surface area (Å²) >= 11 is 0. The molecule has 1 unspecified atom stereocenters. The van der Waals surface area contributed by atoms with Gasteiger partial charge in [0.15, 0.2) is 0 Å². The number of ether oxygens (including phenoxy) is 2. The van der Waals surface area contributed by atoms with Crippen LogP contribution in [0.5, 0.6) is 0 Å². The van der Waals surface area contributed by atoms with Crippen molar-refractivity contribution in [3.8, 4) is 0 Å². The number of morpholine rings is 2. The van der Waals surface area contributed by atoms with Gasteiger partial charge in [-0.25, -0.2) is 4.98 Å². The fraction of sp³-hybridized carbons (Fsp3) is 0.400. The van der Waals surface area contributed by atoms with Gasteiger partial charge in [-0.2, -0.15) is 0 Å². The minimum atomic E-state index is -0.167. The quantitative estimate of drug-likeness (QED) is 0.858. The van der Waals surface area contributed by atoms with Gasteiger partial charge in [0.25, 0.3) is 5.91 Å². The van der Waals surface area contributed by atoms with E-state index in [0.717, 1.165) is 49.9 Å². The molecule has 2 aliphatic heterocycles. The van der Waals surface area contributed by atoms with Crippen LogP contribution in [-0.4, -0.2) is 56.9 Å². The Labute approximate surface area is 158 Å². The molecule has 2 aromatic rings. The molecule has 2 aliphatic rings. The number of nitrogens with one attached hydrogen (secondary N) is 2. The molecule has 0 aliphatic carbocycles. The van der Waals surface area contributed by atoms with Gasteiger partial charge in [0, 0.05) is 38.1 Å². The Morgan fingerprint density at radius 1 is 1.11 bits per heavy atom. The fourth-order valence-corrected chi connectivity index (χ4v) is 3.26. The molecule has 1 aromatic heterocycles. The normalized spacial score (nSPS) is 20.3. The van der Waals surface area contributed by atoms with Crippen LogP contribution in [0.25, 0.3) is 0 Å². The number of nitrogens with zero attached hydrogens (tertiary/aromatic N) is 2. The number of benzene rings is 1. The predicted molar refractivity (Wildman–Crippen MR) is 103 cm³/mol. The number of rotatable bonds is 4. The first-order valence-corrected chi connectivity index (χ1v) is 9.32. The lowest BCUT2D eigenvalue weighted by molar-refractivity contribution is 0.0277. The first kappa shape index (κ1) is 17.9. The lowest BCUT2D eigenvalue weighted by atomic mass is 10.1. The highest BCUT2D eigenvalue weighted by molar-refractivity contribution is 6.04. The van der Waals surface area contributed by atoms with Crippen LogP contribution in [0, 0.1) is 0 Å². The van der Waals surface area contributed by atoms with Gasteiger partial charge in [0.1, 0.15) is 5.82 Å². The fourth-order valence-electron chi connectivity index (χ4n) is 3.26. The number of hydrogen-bond acceptors (Lipinski definition) is 6. The minimum Gasteiger partial charge on any atom is -0.378 e. The predicted octanol–water partition coefficient (Wildman–Crippen LogP) is 1.83. The van der Waals surface area contributed by atoms with Gasteiger partial charge in [0.2, 0.25) is 0 Å². The third-order valence-electron chi connectivity index (χ3n) is 4.81. The Balaban J connectivity index is 1.36. The molecule has 0 saturated carbocycles. The molecule has 0 radical (unpaired) electrons. The van der Waals surface area contributed by atoms with E-state index in [1.807, 2.05) is 36.4 Å². The molecule has 2 N–H and O–H groups in total. The topological polar surface area (TPSA) is 75.7 Å². The highest BCUT2D eigenvalue weighted by Gasteiger charge is 2.16. The van der Waals surface area contributed by atoms with Crippen molar-refractivity contribution in [3.63, 3.8) is 0 Å². The summed E-state index contributed by atoms with van der Waals surface area (Å²) in [4.78, 5) is 19.1. The first-order chi connectivity index (χ1) is 13.3. The Morgan fingerprint density at radius 3 is 2.59 bits per heavy atom. The van der Waals surface area contributed by atoms with Crippen molar-refractivity contribution in [1.29, 1.82) is 0 Å². The molecule has 0 bridgehead atoms. The molecule has 7 heteroatoms. The van der Waals surface area contributed by atoms with Crippen LogP contribution in [0.1, 0.15) is 22.0 Å². The molecule has 27 heavy (non-hydrogen) atoms. The molecule has 3 heterocycles. The summed E-state index contributed by atoms with van der Waals surface area (Å²) in [6.07, 6.45) is 1.69. The van der Waals surface area contributed by atoms with Crippen LogP contribution in [0.3, 0.4) is 0 Å². The Hall–Kier alpha value is -2.48. The van der Waals surface area contributed by atoms with Crippen molar-refractivity contribution in [3.05, 3.63) is 53.7 Å². The van der Waals surface area contributed by atoms with Crippen LogP contribution >= 0.6 is 0 Å². The minimum absolute atomic E-state index is 0.0698. The van der Waals surface area contributed by atoms with Crippen LogP contribution in [0.15, 0.2) is 42.6 Å². The average molecular weight is 368 g/mol. The summed E-state index contributed by atoms with van der Waals surface area (Å²) in [5, 5.41) is 6.24. The second-order valence-electron chi connectivity index (χ2n) is 6.64. The van der Waals surface area contributed by atoms with Gasteiger partial charge in [-0.15, -0.1) is 0 Å². The van der Waals surface area contributed by atoms with E-state index in [2.05, 4.69) is 20.5 Å². The second kappa shape index (κ2) is 8.47. The zero-order valence-corrected chi connectivity index (χ0v) is 15.2. The van der Waals surface area contributed by atoms with E-state index in [1.165, 1.54) is 0 Å². The van der Waals surface area contributed by atoms with Gasteiger partial charge in [-0.3, -0.25) is 4.79 Å². The number of carbonyl (C=O) groups excluding carboxylic acids is 1. The molecule has 2 fully saturated rings. The number of carbonyl (C=O) groups is 1. The molecule has 1 atom stereocenters. The maximum Gasteiger partial charge on any atom is 0.257 e. The third kappa shape index (κ3) is 4.44. The van der Waals surface area contributed by atoms with E-state index in [1.54, 1.807) is 6.20 Å². The Kier molecular flexibility index (Phi) is 5.62. The molecule has 142 valence electrons. The molecule has 1 amide bonds. The van der Waals surface area contributed by atoms with Crippen LogP contribution < -0.4 is 15.5 Å². The van der Waals surface area contributed by atoms with Crippen molar-refractivity contribution in [2.24, 2.45) is 0 Å². The van der Waals surface area contributed by atoms with E-state index < -0.39 is 0 Å². The summed E-state index contributed by atoms with van der Waals surface area (Å²) in [7, 11) is 0. The summed E-state index contributed by atoms with van der Waals surface area (Å²) < 4.78 is 11.1. The summed E-state index contributed by atoms with van der Waals surface area (Å²) in [6, 6.07) is 11.5. The average Bonchev–Trinajstić information content (AvgIpc) is 2.76. The highest BCUT2D eigenvalue weighted by Crippen LogP contribution is 2.21. The summed E-state index contributed by atoms with van der Waals surface area (Å²) in [6.45, 7) is 5.49. The number of anilines is 2. The SMILES string of the molecule is O=C(Nc1ccc(C2CNCCO2)cc1)c1ccc(N2CCOCC2)nc1. The van der Waals surface area contributed by atoms with E-state index in [9.17, 15) is 4.79 Å². The second-order valence-corrected chi connectivity index (χ2v) is 6.64. The number of amides is 1. The van der Waals surface area contributed by atoms with Crippen molar-refractivity contribution in [1.82, 2.24) is 10.3 Å². The zero-order valence-electron chi connectivity index (χ0n) is 15.2. The number of pyridine rings is 1. The highest BCUT2D eigenvalue weighted by atomic mass is 16.5. The smallest absolute Gasteiger partial charge is 0.257 e. The van der Waals surface area contributed by atoms with Gasteiger partial charge >= 0.3 is 0 Å².